The number of piperazine rings is 1. The smallest absolute Gasteiger partial charge is 0.248 e. The van der Waals surface area contributed by atoms with Crippen molar-refractivity contribution in [1.29, 1.82) is 0 Å². The molecule has 0 aromatic heterocycles. The second-order valence-corrected chi connectivity index (χ2v) is 5.01. The van der Waals surface area contributed by atoms with Crippen molar-refractivity contribution in [1.82, 2.24) is 10.2 Å². The molecule has 2 rings (SSSR count). The van der Waals surface area contributed by atoms with Crippen molar-refractivity contribution in [2.24, 2.45) is 5.73 Å². The number of benzene rings is 1. The van der Waals surface area contributed by atoms with Gasteiger partial charge in [-0.1, -0.05) is 17.7 Å². The molecule has 3 N–H and O–H groups in total. The fourth-order valence-corrected chi connectivity index (χ4v) is 2.32. The summed E-state index contributed by atoms with van der Waals surface area (Å²) in [7, 11) is 0. The van der Waals surface area contributed by atoms with E-state index in [2.05, 4.69) is 5.32 Å². The number of nitrogens with zero attached hydrogens (tertiary/aromatic N) is 1. The van der Waals surface area contributed by atoms with Crippen molar-refractivity contribution in [3.05, 3.63) is 34.3 Å². The molecule has 1 aliphatic rings. The van der Waals surface area contributed by atoms with Crippen LogP contribution in [0.1, 0.15) is 22.8 Å². The lowest BCUT2D eigenvalue weighted by Gasteiger charge is -2.31. The zero-order valence-corrected chi connectivity index (χ0v) is 11.4. The van der Waals surface area contributed by atoms with E-state index in [0.717, 1.165) is 12.1 Å². The summed E-state index contributed by atoms with van der Waals surface area (Å²) in [6.45, 7) is 3.70. The lowest BCUT2D eigenvalue weighted by Crippen LogP contribution is -2.53. The third-order valence-corrected chi connectivity index (χ3v) is 3.56. The van der Waals surface area contributed by atoms with Crippen LogP contribution >= 0.6 is 11.6 Å². The van der Waals surface area contributed by atoms with Crippen LogP contribution in [0.25, 0.3) is 0 Å². The summed E-state index contributed by atoms with van der Waals surface area (Å²) in [6.07, 6.45) is 0. The van der Waals surface area contributed by atoms with Crippen LogP contribution in [0.15, 0.2) is 18.2 Å². The van der Waals surface area contributed by atoms with E-state index in [9.17, 15) is 9.59 Å². The van der Waals surface area contributed by atoms with Gasteiger partial charge in [0.15, 0.2) is 0 Å². The maximum Gasteiger partial charge on any atom is 0.248 e. The third-order valence-electron chi connectivity index (χ3n) is 3.21. The summed E-state index contributed by atoms with van der Waals surface area (Å²) in [6, 6.07) is 4.73. The minimum atomic E-state index is -0.514. The second-order valence-electron chi connectivity index (χ2n) is 4.61. The number of nitrogens with one attached hydrogen (secondary N) is 1. The van der Waals surface area contributed by atoms with Crippen molar-refractivity contribution < 1.29 is 9.59 Å². The van der Waals surface area contributed by atoms with Gasteiger partial charge in [-0.05, 0) is 24.6 Å². The highest BCUT2D eigenvalue weighted by Crippen LogP contribution is 2.20. The number of hydrogen-bond acceptors (Lipinski definition) is 3. The Labute approximate surface area is 116 Å². The molecule has 0 radical (unpaired) electrons. The zero-order chi connectivity index (χ0) is 14.0. The first kappa shape index (κ1) is 13.8. The Bertz CT molecular complexity index is 519. The standard InChI is InChI=1S/C13H16ClN3O2/c1-8-13(19)17(5-4-16-8)7-10-3-2-9(12(15)18)6-11(10)14/h2-3,6,8,16H,4-5,7H2,1H3,(H2,15,18). The molecule has 1 aromatic rings. The van der Waals surface area contributed by atoms with Crippen molar-refractivity contribution in [2.45, 2.75) is 19.5 Å². The van der Waals surface area contributed by atoms with Crippen LogP contribution < -0.4 is 11.1 Å². The number of amides is 2. The van der Waals surface area contributed by atoms with Gasteiger partial charge in [-0.3, -0.25) is 9.59 Å². The summed E-state index contributed by atoms with van der Waals surface area (Å²) in [4.78, 5) is 24.8. The van der Waals surface area contributed by atoms with E-state index in [0.29, 0.717) is 23.7 Å². The average molecular weight is 282 g/mol. The molecule has 6 heteroatoms. The molecule has 2 amide bonds. The van der Waals surface area contributed by atoms with E-state index in [-0.39, 0.29) is 11.9 Å². The molecule has 1 saturated heterocycles. The Hall–Kier alpha value is -1.59. The Morgan fingerprint density at radius 1 is 1.58 bits per heavy atom. The Kier molecular flexibility index (Phi) is 4.07. The lowest BCUT2D eigenvalue weighted by atomic mass is 10.1. The molecular weight excluding hydrogens is 266 g/mol. The van der Waals surface area contributed by atoms with Crippen LogP contribution in [0.5, 0.6) is 0 Å². The number of carbonyl (C=O) groups excluding carboxylic acids is 2. The predicted octanol–water partition coefficient (Wildman–Crippen LogP) is 0.759. The molecule has 5 nitrogen and oxygen atoms in total. The van der Waals surface area contributed by atoms with Gasteiger partial charge >= 0.3 is 0 Å². The van der Waals surface area contributed by atoms with Gasteiger partial charge < -0.3 is 16.0 Å². The van der Waals surface area contributed by atoms with Crippen LogP contribution in [0, 0.1) is 0 Å². The molecule has 1 heterocycles. The number of carbonyl (C=O) groups is 2. The third kappa shape index (κ3) is 3.05. The summed E-state index contributed by atoms with van der Waals surface area (Å²) >= 11 is 6.12. The molecule has 1 aromatic carbocycles. The van der Waals surface area contributed by atoms with Gasteiger partial charge in [-0.2, -0.15) is 0 Å². The first-order chi connectivity index (χ1) is 8.99. The molecule has 0 bridgehead atoms. The van der Waals surface area contributed by atoms with Crippen molar-refractivity contribution >= 4 is 23.4 Å². The molecule has 1 fully saturated rings. The van der Waals surface area contributed by atoms with Gasteiger partial charge in [0.05, 0.1) is 6.04 Å². The van der Waals surface area contributed by atoms with E-state index < -0.39 is 5.91 Å². The first-order valence-corrected chi connectivity index (χ1v) is 6.47. The maximum absolute atomic E-state index is 12.0. The highest BCUT2D eigenvalue weighted by atomic mass is 35.5. The van der Waals surface area contributed by atoms with Crippen LogP contribution in [0.4, 0.5) is 0 Å². The van der Waals surface area contributed by atoms with Crippen LogP contribution in [0.3, 0.4) is 0 Å². The summed E-state index contributed by atoms with van der Waals surface area (Å²) in [5.74, 6) is -0.457. The summed E-state index contributed by atoms with van der Waals surface area (Å²) < 4.78 is 0. The largest absolute Gasteiger partial charge is 0.366 e. The molecule has 1 aliphatic heterocycles. The maximum atomic E-state index is 12.0. The quantitative estimate of drug-likeness (QED) is 0.859. The van der Waals surface area contributed by atoms with Gasteiger partial charge in [0.25, 0.3) is 0 Å². The van der Waals surface area contributed by atoms with Gasteiger partial charge in [-0.25, -0.2) is 0 Å². The van der Waals surface area contributed by atoms with Crippen LogP contribution in [-0.4, -0.2) is 35.8 Å². The lowest BCUT2D eigenvalue weighted by molar-refractivity contribution is -0.135. The minimum Gasteiger partial charge on any atom is -0.366 e. The number of halogens is 1. The molecule has 0 aliphatic carbocycles. The monoisotopic (exact) mass is 281 g/mol. The average Bonchev–Trinajstić information content (AvgIpc) is 2.37. The zero-order valence-electron chi connectivity index (χ0n) is 10.6. The fourth-order valence-electron chi connectivity index (χ4n) is 2.08. The van der Waals surface area contributed by atoms with Gasteiger partial charge in [0, 0.05) is 30.2 Å². The molecule has 1 atom stereocenters. The molecule has 1 unspecified atom stereocenters. The van der Waals surface area contributed by atoms with Crippen molar-refractivity contribution in [3.63, 3.8) is 0 Å². The van der Waals surface area contributed by atoms with Gasteiger partial charge in [-0.15, -0.1) is 0 Å². The topological polar surface area (TPSA) is 75.4 Å². The number of primary amides is 1. The van der Waals surface area contributed by atoms with E-state index in [4.69, 9.17) is 17.3 Å². The second kappa shape index (κ2) is 5.59. The highest BCUT2D eigenvalue weighted by Gasteiger charge is 2.25. The first-order valence-electron chi connectivity index (χ1n) is 6.09. The Morgan fingerprint density at radius 2 is 2.32 bits per heavy atom. The van der Waals surface area contributed by atoms with Crippen LogP contribution in [0.2, 0.25) is 5.02 Å². The van der Waals surface area contributed by atoms with E-state index in [1.807, 2.05) is 6.92 Å². The molecule has 19 heavy (non-hydrogen) atoms. The SMILES string of the molecule is CC1NCCN(Cc2ccc(C(N)=O)cc2Cl)C1=O. The minimum absolute atomic E-state index is 0.0568. The number of nitrogens with two attached hydrogens (primary N) is 1. The summed E-state index contributed by atoms with van der Waals surface area (Å²) in [5, 5.41) is 3.55. The van der Waals surface area contributed by atoms with E-state index in [1.165, 1.54) is 6.07 Å². The molecular formula is C13H16ClN3O2. The van der Waals surface area contributed by atoms with Crippen molar-refractivity contribution in [3.8, 4) is 0 Å². The van der Waals surface area contributed by atoms with Gasteiger partial charge in [0.1, 0.15) is 0 Å². The van der Waals surface area contributed by atoms with Crippen molar-refractivity contribution in [2.75, 3.05) is 13.1 Å². The fraction of sp³-hybridized carbons (Fsp3) is 0.385. The molecule has 102 valence electrons. The molecule has 0 spiro atoms. The number of rotatable bonds is 3. The van der Waals surface area contributed by atoms with E-state index in [1.54, 1.807) is 17.0 Å². The Morgan fingerprint density at radius 3 is 2.95 bits per heavy atom. The predicted molar refractivity (Wildman–Crippen MR) is 72.9 cm³/mol. The number of hydrogen-bond donors (Lipinski definition) is 2. The highest BCUT2D eigenvalue weighted by molar-refractivity contribution is 6.31. The normalized spacial score (nSPS) is 19.6. The van der Waals surface area contributed by atoms with Crippen LogP contribution in [-0.2, 0) is 11.3 Å². The Balaban J connectivity index is 2.15. The van der Waals surface area contributed by atoms with Gasteiger partial charge in [0.2, 0.25) is 11.8 Å². The van der Waals surface area contributed by atoms with E-state index >= 15 is 0 Å². The molecule has 0 saturated carbocycles. The summed E-state index contributed by atoms with van der Waals surface area (Å²) in [5.41, 5.74) is 6.37.